The minimum atomic E-state index is -0.881. The molecule has 0 aromatic heterocycles. The Morgan fingerprint density at radius 3 is 2.71 bits per heavy atom. The number of hydrogen-bond donors (Lipinski definition) is 3. The molecule has 116 valence electrons. The molecule has 3 amide bonds. The molecule has 0 spiro atoms. The zero-order valence-corrected chi connectivity index (χ0v) is 12.3. The maximum absolute atomic E-state index is 13.2. The van der Waals surface area contributed by atoms with Crippen molar-refractivity contribution in [2.24, 2.45) is 0 Å². The second-order valence-electron chi connectivity index (χ2n) is 4.39. The molecule has 0 aliphatic heterocycles. The zero-order chi connectivity index (χ0) is 15.8. The molecule has 1 unspecified atom stereocenters. The molecule has 0 fully saturated rings. The van der Waals surface area contributed by atoms with Gasteiger partial charge >= 0.3 is 6.03 Å². The average Bonchev–Trinajstić information content (AvgIpc) is 2.42. The smallest absolute Gasteiger partial charge is 0.321 e. The highest BCUT2D eigenvalue weighted by Gasteiger charge is 2.18. The summed E-state index contributed by atoms with van der Waals surface area (Å²) in [6, 6.07) is 3.47. The van der Waals surface area contributed by atoms with Crippen LogP contribution in [0.15, 0.2) is 18.2 Å². The summed E-state index contributed by atoms with van der Waals surface area (Å²) < 4.78 is 18.7. The van der Waals surface area contributed by atoms with Crippen molar-refractivity contribution in [3.63, 3.8) is 0 Å². The Bertz CT molecular complexity index is 508. The second-order valence-corrected chi connectivity index (χ2v) is 4.39. The number of imide groups is 1. The summed E-state index contributed by atoms with van der Waals surface area (Å²) in [6.07, 6.45) is -0.881. The molecular weight excluding hydrogens is 277 g/mol. The van der Waals surface area contributed by atoms with Crippen molar-refractivity contribution < 1.29 is 18.7 Å². The fraction of sp³-hybridized carbons (Fsp3) is 0.429. The van der Waals surface area contributed by atoms with Crippen molar-refractivity contribution in [1.29, 1.82) is 0 Å². The van der Waals surface area contributed by atoms with E-state index in [2.05, 4.69) is 16.0 Å². The number of urea groups is 1. The van der Waals surface area contributed by atoms with Gasteiger partial charge in [0.05, 0.1) is 0 Å². The number of ether oxygens (including phenoxy) is 1. The lowest BCUT2D eigenvalue weighted by Crippen LogP contribution is -2.45. The highest BCUT2D eigenvalue weighted by Crippen LogP contribution is 2.21. The van der Waals surface area contributed by atoms with Gasteiger partial charge in [0.15, 0.2) is 6.10 Å². The minimum Gasteiger partial charge on any atom is -0.481 e. The molecule has 6 nitrogen and oxygen atoms in total. The predicted molar refractivity (Wildman–Crippen MR) is 76.5 cm³/mol. The van der Waals surface area contributed by atoms with Crippen LogP contribution in [-0.4, -0.2) is 31.6 Å². The van der Waals surface area contributed by atoms with Gasteiger partial charge in [-0.2, -0.15) is 0 Å². The summed E-state index contributed by atoms with van der Waals surface area (Å²) in [5.41, 5.74) is 0.593. The number of carbonyl (C=O) groups is 2. The number of halogens is 1. The molecule has 1 aromatic carbocycles. The average molecular weight is 297 g/mol. The first kappa shape index (κ1) is 16.9. The molecule has 1 atom stereocenters. The van der Waals surface area contributed by atoms with E-state index in [1.807, 2.05) is 0 Å². The number of benzene rings is 1. The maximum Gasteiger partial charge on any atom is 0.321 e. The van der Waals surface area contributed by atoms with Gasteiger partial charge in [0.1, 0.15) is 11.6 Å². The lowest BCUT2D eigenvalue weighted by molar-refractivity contribution is -0.126. The van der Waals surface area contributed by atoms with Crippen LogP contribution in [0.3, 0.4) is 0 Å². The van der Waals surface area contributed by atoms with E-state index in [0.717, 1.165) is 0 Å². The topological polar surface area (TPSA) is 79.5 Å². The lowest BCUT2D eigenvalue weighted by Gasteiger charge is -2.17. The molecule has 3 N–H and O–H groups in total. The molecule has 0 saturated carbocycles. The summed E-state index contributed by atoms with van der Waals surface area (Å²) in [5.74, 6) is -0.558. The van der Waals surface area contributed by atoms with Gasteiger partial charge in [0, 0.05) is 18.7 Å². The van der Waals surface area contributed by atoms with Crippen LogP contribution in [0.1, 0.15) is 19.4 Å². The van der Waals surface area contributed by atoms with Crippen LogP contribution < -0.4 is 20.7 Å². The van der Waals surface area contributed by atoms with Crippen LogP contribution in [0.25, 0.3) is 0 Å². The standard InChI is InChI=1S/C14H20FN3O3/c1-4-17-14(20)18-13(19)9(2)21-12-6-5-11(15)7-10(12)8-16-3/h5-7,9,16H,4,8H2,1-3H3,(H2,17,18,19,20). The van der Waals surface area contributed by atoms with Crippen LogP contribution >= 0.6 is 0 Å². The Morgan fingerprint density at radius 1 is 1.38 bits per heavy atom. The van der Waals surface area contributed by atoms with Gasteiger partial charge in [-0.1, -0.05) is 0 Å². The highest BCUT2D eigenvalue weighted by atomic mass is 19.1. The first-order chi connectivity index (χ1) is 9.97. The van der Waals surface area contributed by atoms with Crippen molar-refractivity contribution in [1.82, 2.24) is 16.0 Å². The minimum absolute atomic E-state index is 0.382. The molecule has 0 aliphatic rings. The van der Waals surface area contributed by atoms with Crippen molar-refractivity contribution in [2.45, 2.75) is 26.5 Å². The van der Waals surface area contributed by atoms with Gasteiger partial charge in [-0.15, -0.1) is 0 Å². The summed E-state index contributed by atoms with van der Waals surface area (Å²) in [5, 5.41) is 7.50. The van der Waals surface area contributed by atoms with Crippen molar-refractivity contribution in [2.75, 3.05) is 13.6 Å². The number of nitrogens with one attached hydrogen (secondary N) is 3. The van der Waals surface area contributed by atoms with E-state index in [1.165, 1.54) is 25.1 Å². The molecular formula is C14H20FN3O3. The number of rotatable bonds is 6. The van der Waals surface area contributed by atoms with E-state index in [0.29, 0.717) is 24.4 Å². The third-order valence-corrected chi connectivity index (χ3v) is 2.64. The van der Waals surface area contributed by atoms with E-state index in [4.69, 9.17) is 4.74 Å². The lowest BCUT2D eigenvalue weighted by atomic mass is 10.2. The molecule has 0 heterocycles. The van der Waals surface area contributed by atoms with E-state index in [9.17, 15) is 14.0 Å². The fourth-order valence-electron chi connectivity index (χ4n) is 1.65. The Kier molecular flexibility index (Phi) is 6.61. The number of hydrogen-bond acceptors (Lipinski definition) is 4. The molecule has 7 heteroatoms. The normalized spacial score (nSPS) is 11.6. The van der Waals surface area contributed by atoms with Crippen molar-refractivity contribution in [3.8, 4) is 5.75 Å². The molecule has 0 saturated heterocycles. The fourth-order valence-corrected chi connectivity index (χ4v) is 1.65. The Balaban J connectivity index is 2.71. The largest absolute Gasteiger partial charge is 0.481 e. The first-order valence-corrected chi connectivity index (χ1v) is 6.66. The van der Waals surface area contributed by atoms with E-state index < -0.39 is 18.0 Å². The van der Waals surface area contributed by atoms with Crippen molar-refractivity contribution in [3.05, 3.63) is 29.6 Å². The zero-order valence-electron chi connectivity index (χ0n) is 12.3. The number of carbonyl (C=O) groups excluding carboxylic acids is 2. The van der Waals surface area contributed by atoms with Gasteiger partial charge in [0.2, 0.25) is 0 Å². The molecule has 21 heavy (non-hydrogen) atoms. The van der Waals surface area contributed by atoms with Gasteiger partial charge in [0.25, 0.3) is 5.91 Å². The van der Waals surface area contributed by atoms with E-state index in [-0.39, 0.29) is 5.82 Å². The SMILES string of the molecule is CCNC(=O)NC(=O)C(C)Oc1ccc(F)cc1CNC. The van der Waals surface area contributed by atoms with Gasteiger partial charge in [-0.05, 0) is 39.1 Å². The third-order valence-electron chi connectivity index (χ3n) is 2.64. The van der Waals surface area contributed by atoms with Crippen LogP contribution in [0.4, 0.5) is 9.18 Å². The van der Waals surface area contributed by atoms with Crippen LogP contribution in [-0.2, 0) is 11.3 Å². The third kappa shape index (κ3) is 5.39. The van der Waals surface area contributed by atoms with Gasteiger partial charge in [-0.3, -0.25) is 10.1 Å². The summed E-state index contributed by atoms with van der Waals surface area (Å²) in [7, 11) is 1.72. The maximum atomic E-state index is 13.2. The predicted octanol–water partition coefficient (Wildman–Crippen LogP) is 1.16. The van der Waals surface area contributed by atoms with E-state index in [1.54, 1.807) is 14.0 Å². The first-order valence-electron chi connectivity index (χ1n) is 6.66. The van der Waals surface area contributed by atoms with Crippen LogP contribution in [0, 0.1) is 5.82 Å². The summed E-state index contributed by atoms with van der Waals surface area (Å²) >= 11 is 0. The molecule has 0 bridgehead atoms. The molecule has 0 aliphatic carbocycles. The van der Waals surface area contributed by atoms with Crippen molar-refractivity contribution >= 4 is 11.9 Å². The number of amides is 3. The second kappa shape index (κ2) is 8.21. The molecule has 1 rings (SSSR count). The molecule has 0 radical (unpaired) electrons. The quantitative estimate of drug-likeness (QED) is 0.736. The summed E-state index contributed by atoms with van der Waals surface area (Å²) in [6.45, 7) is 4.07. The van der Waals surface area contributed by atoms with E-state index >= 15 is 0 Å². The molecule has 1 aromatic rings. The monoisotopic (exact) mass is 297 g/mol. The Hall–Kier alpha value is -2.15. The van der Waals surface area contributed by atoms with Gasteiger partial charge < -0.3 is 15.4 Å². The summed E-state index contributed by atoms with van der Waals surface area (Å²) in [4.78, 5) is 23.0. The Morgan fingerprint density at radius 2 is 2.10 bits per heavy atom. The highest BCUT2D eigenvalue weighted by molar-refractivity contribution is 5.96. The van der Waals surface area contributed by atoms with Gasteiger partial charge in [-0.25, -0.2) is 9.18 Å². The Labute approximate surface area is 123 Å². The van der Waals surface area contributed by atoms with Crippen LogP contribution in [0.2, 0.25) is 0 Å². The van der Waals surface area contributed by atoms with Crippen LogP contribution in [0.5, 0.6) is 5.75 Å².